The normalized spacial score (nSPS) is 20.1. The molecule has 0 spiro atoms. The third kappa shape index (κ3) is 2.69. The molecule has 3 aromatic carbocycles. The number of benzene rings is 3. The van der Waals surface area contributed by atoms with Crippen LogP contribution in [0.5, 0.6) is 0 Å². The lowest BCUT2D eigenvalue weighted by molar-refractivity contribution is -0.139. The Hall–Kier alpha value is -2.39. The van der Waals surface area contributed by atoms with Gasteiger partial charge in [-0.25, -0.2) is 4.79 Å². The summed E-state index contributed by atoms with van der Waals surface area (Å²) >= 11 is 3.72. The van der Waals surface area contributed by atoms with Gasteiger partial charge >= 0.3 is 5.97 Å². The van der Waals surface area contributed by atoms with E-state index in [0.29, 0.717) is 5.57 Å². The van der Waals surface area contributed by atoms with Gasteiger partial charge in [-0.3, -0.25) is 0 Å². The molecule has 2 unspecified atom stereocenters. The molecule has 0 aliphatic carbocycles. The number of aryl methyl sites for hydroxylation is 1. The molecule has 0 saturated carbocycles. The molecule has 1 fully saturated rings. The number of esters is 1. The van der Waals surface area contributed by atoms with Crippen LogP contribution in [0.2, 0.25) is 0 Å². The summed E-state index contributed by atoms with van der Waals surface area (Å²) < 4.78 is 6.69. The first-order valence-electron chi connectivity index (χ1n) is 8.20. The third-order valence-corrected chi connectivity index (χ3v) is 5.70. The van der Waals surface area contributed by atoms with Gasteiger partial charge in [0.25, 0.3) is 0 Å². The number of ether oxygens (including phenoxy) is 1. The minimum absolute atomic E-state index is 0.175. The Morgan fingerprint density at radius 2 is 1.72 bits per heavy atom. The van der Waals surface area contributed by atoms with Gasteiger partial charge in [-0.05, 0) is 39.2 Å². The van der Waals surface area contributed by atoms with Crippen molar-refractivity contribution < 1.29 is 9.53 Å². The molecule has 0 amide bonds. The Labute approximate surface area is 155 Å². The van der Waals surface area contributed by atoms with Gasteiger partial charge in [-0.15, -0.1) is 0 Å². The maximum absolute atomic E-state index is 12.2. The van der Waals surface area contributed by atoms with E-state index in [9.17, 15) is 4.79 Å². The van der Waals surface area contributed by atoms with Crippen molar-refractivity contribution in [2.75, 3.05) is 0 Å². The van der Waals surface area contributed by atoms with Gasteiger partial charge in [0.1, 0.15) is 6.10 Å². The van der Waals surface area contributed by atoms with E-state index in [-0.39, 0.29) is 18.0 Å². The second-order valence-electron chi connectivity index (χ2n) is 6.43. The predicted octanol–water partition coefficient (Wildman–Crippen LogP) is 5.85. The van der Waals surface area contributed by atoms with Gasteiger partial charge in [0, 0.05) is 15.6 Å². The molecule has 0 bridgehead atoms. The summed E-state index contributed by atoms with van der Waals surface area (Å²) in [5, 5.41) is 2.25. The van der Waals surface area contributed by atoms with Gasteiger partial charge < -0.3 is 4.74 Å². The van der Waals surface area contributed by atoms with Gasteiger partial charge in [-0.2, -0.15) is 0 Å². The molecule has 1 heterocycles. The molecule has 124 valence electrons. The lowest BCUT2D eigenvalue weighted by Crippen LogP contribution is -2.08. The van der Waals surface area contributed by atoms with Gasteiger partial charge in [0.05, 0.1) is 5.92 Å². The molecule has 3 aromatic rings. The highest BCUT2D eigenvalue weighted by molar-refractivity contribution is 9.10. The van der Waals surface area contributed by atoms with E-state index >= 15 is 0 Å². The van der Waals surface area contributed by atoms with Crippen molar-refractivity contribution in [3.63, 3.8) is 0 Å². The van der Waals surface area contributed by atoms with E-state index in [0.717, 1.165) is 26.4 Å². The Morgan fingerprint density at radius 1 is 1.00 bits per heavy atom. The Balaban J connectivity index is 1.85. The zero-order chi connectivity index (χ0) is 17.6. The SMILES string of the molecule is C=C1C(=O)OC(c2ccc3ccccc3c2Br)C1c1ccc(C)cc1. The van der Waals surface area contributed by atoms with E-state index in [2.05, 4.69) is 65.0 Å². The van der Waals surface area contributed by atoms with Crippen molar-refractivity contribution in [1.29, 1.82) is 0 Å². The average Bonchev–Trinajstić information content (AvgIpc) is 2.91. The van der Waals surface area contributed by atoms with Crippen molar-refractivity contribution >= 4 is 32.7 Å². The number of halogens is 1. The van der Waals surface area contributed by atoms with Crippen LogP contribution in [0.1, 0.15) is 28.7 Å². The van der Waals surface area contributed by atoms with E-state index in [4.69, 9.17) is 4.74 Å². The number of carbonyl (C=O) groups is 1. The van der Waals surface area contributed by atoms with E-state index in [1.807, 2.05) is 25.1 Å². The van der Waals surface area contributed by atoms with Crippen LogP contribution < -0.4 is 0 Å². The number of cyclic esters (lactones) is 1. The highest BCUT2D eigenvalue weighted by Gasteiger charge is 2.41. The minimum atomic E-state index is -0.373. The van der Waals surface area contributed by atoms with Crippen LogP contribution in [-0.2, 0) is 9.53 Å². The smallest absolute Gasteiger partial charge is 0.334 e. The molecule has 2 nitrogen and oxygen atoms in total. The first kappa shape index (κ1) is 16.1. The number of hydrogen-bond acceptors (Lipinski definition) is 2. The molecule has 4 rings (SSSR count). The van der Waals surface area contributed by atoms with Gasteiger partial charge in [0.15, 0.2) is 0 Å². The van der Waals surface area contributed by atoms with Crippen LogP contribution in [-0.4, -0.2) is 5.97 Å². The maximum Gasteiger partial charge on any atom is 0.334 e. The first-order chi connectivity index (χ1) is 12.1. The Bertz CT molecular complexity index is 989. The van der Waals surface area contributed by atoms with Crippen molar-refractivity contribution in [3.05, 3.63) is 94.0 Å². The molecule has 2 atom stereocenters. The standard InChI is InChI=1S/C22H17BrO2/c1-13-7-9-16(10-8-13)19-14(2)22(24)25-21(19)18-12-11-15-5-3-4-6-17(15)20(18)23/h3-12,19,21H,2H2,1H3. The summed E-state index contributed by atoms with van der Waals surface area (Å²) in [6, 6.07) is 20.5. The van der Waals surface area contributed by atoms with Crippen molar-refractivity contribution in [3.8, 4) is 0 Å². The molecule has 1 aliphatic heterocycles. The molecule has 0 aromatic heterocycles. The minimum Gasteiger partial charge on any atom is -0.453 e. The molecule has 1 aliphatic rings. The molecular weight excluding hydrogens is 376 g/mol. The van der Waals surface area contributed by atoms with Crippen LogP contribution >= 0.6 is 15.9 Å². The van der Waals surface area contributed by atoms with Gasteiger partial charge in [-0.1, -0.05) is 72.8 Å². The van der Waals surface area contributed by atoms with Gasteiger partial charge in [0.2, 0.25) is 0 Å². The summed E-state index contributed by atoms with van der Waals surface area (Å²) in [6.45, 7) is 6.04. The topological polar surface area (TPSA) is 26.3 Å². The van der Waals surface area contributed by atoms with Crippen molar-refractivity contribution in [1.82, 2.24) is 0 Å². The molecule has 0 radical (unpaired) electrons. The summed E-state index contributed by atoms with van der Waals surface area (Å²) in [5.41, 5.74) is 3.71. The monoisotopic (exact) mass is 392 g/mol. The number of carbonyl (C=O) groups excluding carboxylic acids is 1. The van der Waals surface area contributed by atoms with E-state index in [1.54, 1.807) is 0 Å². The molecule has 25 heavy (non-hydrogen) atoms. The fourth-order valence-electron chi connectivity index (χ4n) is 3.43. The Kier molecular flexibility index (Phi) is 3.97. The lowest BCUT2D eigenvalue weighted by Gasteiger charge is -2.21. The fourth-order valence-corrected chi connectivity index (χ4v) is 4.15. The van der Waals surface area contributed by atoms with E-state index in [1.165, 1.54) is 5.56 Å². The second kappa shape index (κ2) is 6.16. The summed E-state index contributed by atoms with van der Waals surface area (Å²) in [6.07, 6.45) is -0.373. The number of rotatable bonds is 2. The van der Waals surface area contributed by atoms with E-state index < -0.39 is 0 Å². The summed E-state index contributed by atoms with van der Waals surface area (Å²) in [7, 11) is 0. The quantitative estimate of drug-likeness (QED) is 0.403. The molecular formula is C22H17BrO2. The van der Waals surface area contributed by atoms with Crippen molar-refractivity contribution in [2.45, 2.75) is 18.9 Å². The molecule has 0 N–H and O–H groups in total. The molecule has 1 saturated heterocycles. The lowest BCUT2D eigenvalue weighted by atomic mass is 9.85. The van der Waals surface area contributed by atoms with Crippen LogP contribution in [0.3, 0.4) is 0 Å². The number of hydrogen-bond donors (Lipinski definition) is 0. The maximum atomic E-state index is 12.2. The molecule has 3 heteroatoms. The number of fused-ring (bicyclic) bond motifs is 1. The van der Waals surface area contributed by atoms with Crippen molar-refractivity contribution in [2.24, 2.45) is 0 Å². The predicted molar refractivity (Wildman–Crippen MR) is 104 cm³/mol. The second-order valence-corrected chi connectivity index (χ2v) is 7.22. The zero-order valence-electron chi connectivity index (χ0n) is 13.8. The average molecular weight is 393 g/mol. The highest BCUT2D eigenvalue weighted by Crippen LogP contribution is 2.47. The van der Waals surface area contributed by atoms with Crippen LogP contribution in [0.25, 0.3) is 10.8 Å². The zero-order valence-corrected chi connectivity index (χ0v) is 15.4. The first-order valence-corrected chi connectivity index (χ1v) is 8.99. The van der Waals surface area contributed by atoms with Crippen LogP contribution in [0.15, 0.2) is 77.3 Å². The van der Waals surface area contributed by atoms with Crippen LogP contribution in [0, 0.1) is 6.92 Å². The van der Waals surface area contributed by atoms with Crippen LogP contribution in [0.4, 0.5) is 0 Å². The highest BCUT2D eigenvalue weighted by atomic mass is 79.9. The largest absolute Gasteiger partial charge is 0.453 e. The summed E-state index contributed by atoms with van der Waals surface area (Å²) in [4.78, 5) is 12.2. The Morgan fingerprint density at radius 3 is 2.48 bits per heavy atom. The fraction of sp³-hybridized carbons (Fsp3) is 0.136. The summed E-state index contributed by atoms with van der Waals surface area (Å²) in [5.74, 6) is -0.499. The third-order valence-electron chi connectivity index (χ3n) is 4.81.